The molecule has 2 aromatic rings. The Morgan fingerprint density at radius 1 is 1.38 bits per heavy atom. The molecule has 0 radical (unpaired) electrons. The second-order valence-electron chi connectivity index (χ2n) is 3.00. The van der Waals surface area contributed by atoms with Gasteiger partial charge >= 0.3 is 6.08 Å². The lowest BCUT2D eigenvalue weighted by Gasteiger charge is -1.87. The topological polar surface area (TPSA) is 37.2 Å². The van der Waals surface area contributed by atoms with Crippen LogP contribution >= 0.6 is 0 Å². The van der Waals surface area contributed by atoms with Crippen molar-refractivity contribution in [1.29, 1.82) is 0 Å². The molecule has 0 atom stereocenters. The zero-order valence-electron chi connectivity index (χ0n) is 7.53. The van der Waals surface area contributed by atoms with Crippen molar-refractivity contribution >= 4 is 11.1 Å². The van der Waals surface area contributed by atoms with E-state index >= 15 is 0 Å². The summed E-state index contributed by atoms with van der Waals surface area (Å²) >= 11 is 0. The van der Waals surface area contributed by atoms with Gasteiger partial charge in [0.15, 0.2) is 6.54 Å². The van der Waals surface area contributed by atoms with E-state index in [9.17, 15) is 5.11 Å². The van der Waals surface area contributed by atoms with Gasteiger partial charge in [0.1, 0.15) is 0 Å². The number of aryl methyl sites for hydroxylation is 1. The van der Waals surface area contributed by atoms with Gasteiger partial charge in [-0.05, 0) is 6.07 Å². The van der Waals surface area contributed by atoms with Crippen molar-refractivity contribution in [3.05, 3.63) is 24.3 Å². The fraction of sp³-hybridized carbons (Fsp3) is 0.300. The Balaban J connectivity index is 2.64. The number of hydrogen-bond donors (Lipinski definition) is 1. The van der Waals surface area contributed by atoms with Gasteiger partial charge in [-0.15, -0.1) is 4.57 Å². The molecule has 0 spiro atoms. The first-order chi connectivity index (χ1) is 6.33. The fourth-order valence-electron chi connectivity index (χ4n) is 1.46. The van der Waals surface area contributed by atoms with E-state index in [0.717, 1.165) is 24.1 Å². The zero-order valence-corrected chi connectivity index (χ0v) is 7.53. The van der Waals surface area contributed by atoms with Crippen molar-refractivity contribution in [2.45, 2.75) is 19.9 Å². The molecule has 0 unspecified atom stereocenters. The molecule has 3 heteroatoms. The van der Waals surface area contributed by atoms with E-state index in [1.165, 1.54) is 0 Å². The van der Waals surface area contributed by atoms with Crippen LogP contribution < -0.4 is 4.57 Å². The normalized spacial score (nSPS) is 10.8. The average molecular weight is 178 g/mol. The van der Waals surface area contributed by atoms with Crippen molar-refractivity contribution in [2.24, 2.45) is 0 Å². The average Bonchev–Trinajstić information content (AvgIpc) is 2.44. The Kier molecular flexibility index (Phi) is 1.93. The molecular weight excluding hydrogens is 166 g/mol. The van der Waals surface area contributed by atoms with Gasteiger partial charge in [0.05, 0.1) is 0 Å². The van der Waals surface area contributed by atoms with E-state index in [1.54, 1.807) is 4.57 Å². The molecule has 0 aliphatic carbocycles. The van der Waals surface area contributed by atoms with Crippen LogP contribution in [0.1, 0.15) is 13.3 Å². The Hall–Kier alpha value is -1.51. The van der Waals surface area contributed by atoms with Crippen molar-refractivity contribution in [3.8, 4) is 6.08 Å². The van der Waals surface area contributed by atoms with E-state index < -0.39 is 0 Å². The van der Waals surface area contributed by atoms with Gasteiger partial charge in [-0.1, -0.05) is 19.1 Å². The molecule has 1 N–H and O–H groups in total. The van der Waals surface area contributed by atoms with E-state index in [1.807, 2.05) is 24.3 Å². The van der Waals surface area contributed by atoms with Crippen LogP contribution in [0.4, 0.5) is 0 Å². The molecular formula is C10H12NO2+. The van der Waals surface area contributed by atoms with Crippen LogP contribution in [0.3, 0.4) is 0 Å². The third-order valence-corrected chi connectivity index (χ3v) is 2.04. The third kappa shape index (κ3) is 1.26. The monoisotopic (exact) mass is 178 g/mol. The van der Waals surface area contributed by atoms with Crippen LogP contribution in [0.5, 0.6) is 6.08 Å². The molecule has 0 bridgehead atoms. The Bertz CT molecular complexity index is 420. The van der Waals surface area contributed by atoms with Crippen LogP contribution in [0.2, 0.25) is 0 Å². The first-order valence-electron chi connectivity index (χ1n) is 4.43. The summed E-state index contributed by atoms with van der Waals surface area (Å²) in [6, 6.07) is 7.61. The molecule has 1 aromatic carbocycles. The summed E-state index contributed by atoms with van der Waals surface area (Å²) in [6.45, 7) is 2.84. The highest BCUT2D eigenvalue weighted by Gasteiger charge is 2.19. The van der Waals surface area contributed by atoms with Crippen molar-refractivity contribution in [2.75, 3.05) is 0 Å². The second-order valence-corrected chi connectivity index (χ2v) is 3.00. The molecule has 3 nitrogen and oxygen atoms in total. The maximum absolute atomic E-state index is 9.46. The minimum atomic E-state index is -0.0111. The molecule has 0 amide bonds. The summed E-state index contributed by atoms with van der Waals surface area (Å²) < 4.78 is 6.94. The summed E-state index contributed by atoms with van der Waals surface area (Å²) in [5.74, 6) is 0. The molecule has 2 rings (SSSR count). The largest absolute Gasteiger partial charge is 0.558 e. The Morgan fingerprint density at radius 2 is 2.15 bits per heavy atom. The fourth-order valence-corrected chi connectivity index (χ4v) is 1.46. The maximum atomic E-state index is 9.46. The minimum Gasteiger partial charge on any atom is -0.429 e. The molecule has 1 aromatic heterocycles. The summed E-state index contributed by atoms with van der Waals surface area (Å²) in [5.41, 5.74) is 1.68. The van der Waals surface area contributed by atoms with Gasteiger partial charge in [0.2, 0.25) is 5.58 Å². The molecule has 1 heterocycles. The van der Waals surface area contributed by atoms with Crippen molar-refractivity contribution < 1.29 is 14.1 Å². The first-order valence-corrected chi connectivity index (χ1v) is 4.43. The van der Waals surface area contributed by atoms with E-state index in [2.05, 4.69) is 6.92 Å². The van der Waals surface area contributed by atoms with E-state index in [-0.39, 0.29) is 6.08 Å². The van der Waals surface area contributed by atoms with Crippen LogP contribution in [0, 0.1) is 0 Å². The van der Waals surface area contributed by atoms with Gasteiger partial charge in [-0.3, -0.25) is 0 Å². The number of para-hydroxylation sites is 2. The lowest BCUT2D eigenvalue weighted by Crippen LogP contribution is -2.31. The lowest BCUT2D eigenvalue weighted by atomic mass is 10.3. The number of rotatable bonds is 2. The predicted molar refractivity (Wildman–Crippen MR) is 48.4 cm³/mol. The van der Waals surface area contributed by atoms with E-state index in [4.69, 9.17) is 4.42 Å². The molecule has 68 valence electrons. The van der Waals surface area contributed by atoms with Crippen LogP contribution in [0.25, 0.3) is 11.1 Å². The number of fused-ring (bicyclic) bond motifs is 1. The summed E-state index contributed by atoms with van der Waals surface area (Å²) in [4.78, 5) is 0. The van der Waals surface area contributed by atoms with E-state index in [0.29, 0.717) is 0 Å². The second kappa shape index (κ2) is 3.09. The lowest BCUT2D eigenvalue weighted by molar-refractivity contribution is -0.682. The minimum absolute atomic E-state index is 0.0111. The first kappa shape index (κ1) is 8.10. The third-order valence-electron chi connectivity index (χ3n) is 2.04. The van der Waals surface area contributed by atoms with Gasteiger partial charge in [-0.25, -0.2) is 0 Å². The van der Waals surface area contributed by atoms with Crippen LogP contribution in [-0.2, 0) is 6.54 Å². The number of nitrogens with zero attached hydrogens (tertiary/aromatic N) is 1. The summed E-state index contributed by atoms with van der Waals surface area (Å²) in [5, 5.41) is 9.46. The maximum Gasteiger partial charge on any atom is 0.558 e. The quantitative estimate of drug-likeness (QED) is 0.712. The summed E-state index contributed by atoms with van der Waals surface area (Å²) in [6.07, 6.45) is 0.963. The van der Waals surface area contributed by atoms with Crippen molar-refractivity contribution in [3.63, 3.8) is 0 Å². The summed E-state index contributed by atoms with van der Waals surface area (Å²) in [7, 11) is 0. The Morgan fingerprint density at radius 3 is 2.92 bits per heavy atom. The molecule has 13 heavy (non-hydrogen) atoms. The number of aromatic hydroxyl groups is 1. The highest BCUT2D eigenvalue weighted by molar-refractivity contribution is 5.68. The number of aromatic nitrogens is 1. The zero-order chi connectivity index (χ0) is 9.26. The standard InChI is InChI=1S/C10H11NO2/c1-2-7-11-8-5-3-4-6-9(8)13-10(11)12/h3-6H,2,7H2,1H3/p+1. The molecule has 0 fully saturated rings. The molecule has 0 saturated carbocycles. The van der Waals surface area contributed by atoms with Gasteiger partial charge in [0, 0.05) is 12.5 Å². The number of benzene rings is 1. The van der Waals surface area contributed by atoms with Gasteiger partial charge in [0.25, 0.3) is 5.52 Å². The molecule has 0 aliphatic rings. The van der Waals surface area contributed by atoms with Gasteiger partial charge < -0.3 is 9.52 Å². The molecule has 0 aliphatic heterocycles. The number of oxazole rings is 1. The van der Waals surface area contributed by atoms with Crippen molar-refractivity contribution in [1.82, 2.24) is 0 Å². The van der Waals surface area contributed by atoms with Crippen LogP contribution in [0.15, 0.2) is 28.7 Å². The van der Waals surface area contributed by atoms with Gasteiger partial charge in [-0.2, -0.15) is 0 Å². The number of hydrogen-bond acceptors (Lipinski definition) is 2. The highest BCUT2D eigenvalue weighted by Crippen LogP contribution is 2.16. The highest BCUT2D eigenvalue weighted by atomic mass is 16.5. The molecule has 0 saturated heterocycles. The smallest absolute Gasteiger partial charge is 0.429 e. The SMILES string of the molecule is CCC[n+]1c(O)oc2ccccc21. The Labute approximate surface area is 76.2 Å². The van der Waals surface area contributed by atoms with Crippen LogP contribution in [-0.4, -0.2) is 5.11 Å². The predicted octanol–water partition coefficient (Wildman–Crippen LogP) is 1.84.